The van der Waals surface area contributed by atoms with Crippen molar-refractivity contribution in [3.63, 3.8) is 0 Å². The average Bonchev–Trinajstić information content (AvgIpc) is 2.51. The van der Waals surface area contributed by atoms with Crippen molar-refractivity contribution in [2.75, 3.05) is 13.1 Å². The van der Waals surface area contributed by atoms with Gasteiger partial charge in [-0.25, -0.2) is 0 Å². The molecule has 1 atom stereocenters. The van der Waals surface area contributed by atoms with E-state index in [4.69, 9.17) is 0 Å². The molecule has 0 aliphatic rings. The van der Waals surface area contributed by atoms with Gasteiger partial charge >= 0.3 is 0 Å². The molecule has 0 aromatic rings. The molecular weight excluding hydrogens is 274 g/mol. The molecule has 22 heavy (non-hydrogen) atoms. The highest BCUT2D eigenvalue weighted by Crippen LogP contribution is 2.10. The number of carbonyl (C=O) groups is 1. The second kappa shape index (κ2) is 15.3. The lowest BCUT2D eigenvalue weighted by Crippen LogP contribution is -2.39. The fraction of sp³-hybridized carbons (Fsp3) is 0.947. The summed E-state index contributed by atoms with van der Waals surface area (Å²) in [5.74, 6) is -0.0953. The largest absolute Gasteiger partial charge is 0.384 e. The Morgan fingerprint density at radius 2 is 1.14 bits per heavy atom. The predicted octanol–water partition coefficient (Wildman–Crippen LogP) is 4.92. The Bertz CT molecular complexity index is 238. The fourth-order valence-electron chi connectivity index (χ4n) is 2.76. The van der Waals surface area contributed by atoms with E-state index in [1.165, 1.54) is 64.2 Å². The van der Waals surface area contributed by atoms with Gasteiger partial charge in [-0.05, 0) is 19.8 Å². The summed E-state index contributed by atoms with van der Waals surface area (Å²) >= 11 is 0. The first kappa shape index (κ1) is 21.4. The molecule has 3 nitrogen and oxygen atoms in total. The van der Waals surface area contributed by atoms with Crippen LogP contribution in [-0.4, -0.2) is 35.1 Å². The van der Waals surface area contributed by atoms with Gasteiger partial charge in [0.05, 0.1) is 0 Å². The number of carbonyl (C=O) groups excluding carboxylic acids is 1. The van der Waals surface area contributed by atoms with Crippen LogP contribution >= 0.6 is 0 Å². The predicted molar refractivity (Wildman–Crippen MR) is 95.0 cm³/mol. The van der Waals surface area contributed by atoms with Crippen molar-refractivity contribution in [2.24, 2.45) is 0 Å². The maximum Gasteiger partial charge on any atom is 0.251 e. The molecule has 0 aliphatic carbocycles. The van der Waals surface area contributed by atoms with Crippen molar-refractivity contribution < 1.29 is 9.90 Å². The fourth-order valence-corrected chi connectivity index (χ4v) is 2.76. The van der Waals surface area contributed by atoms with Gasteiger partial charge in [0, 0.05) is 13.1 Å². The third kappa shape index (κ3) is 12.0. The standard InChI is InChI=1S/C19H39NO2/c1-4-6-8-10-12-14-16-20(19(22)18(3)21)17-15-13-11-9-7-5-2/h18,21H,4-17H2,1-3H3/t18-/m0/s1. The minimum absolute atomic E-state index is 0.0953. The van der Waals surface area contributed by atoms with Crippen LogP contribution in [0.25, 0.3) is 0 Å². The minimum atomic E-state index is -0.861. The first-order valence-electron chi connectivity index (χ1n) is 9.60. The Morgan fingerprint density at radius 3 is 1.50 bits per heavy atom. The quantitative estimate of drug-likeness (QED) is 0.436. The van der Waals surface area contributed by atoms with Gasteiger partial charge in [-0.3, -0.25) is 4.79 Å². The summed E-state index contributed by atoms with van der Waals surface area (Å²) in [6, 6.07) is 0. The highest BCUT2D eigenvalue weighted by Gasteiger charge is 2.17. The van der Waals surface area contributed by atoms with Gasteiger partial charge in [0.1, 0.15) is 6.10 Å². The summed E-state index contributed by atoms with van der Waals surface area (Å²) in [5, 5.41) is 9.55. The monoisotopic (exact) mass is 313 g/mol. The number of aliphatic hydroxyl groups is 1. The number of unbranched alkanes of at least 4 members (excludes halogenated alkanes) is 10. The molecule has 0 bridgehead atoms. The van der Waals surface area contributed by atoms with Crippen molar-refractivity contribution in [1.29, 1.82) is 0 Å². The number of nitrogens with zero attached hydrogens (tertiary/aromatic N) is 1. The van der Waals surface area contributed by atoms with E-state index in [-0.39, 0.29) is 5.91 Å². The van der Waals surface area contributed by atoms with Crippen molar-refractivity contribution in [3.8, 4) is 0 Å². The van der Waals surface area contributed by atoms with E-state index >= 15 is 0 Å². The molecule has 0 aliphatic heterocycles. The van der Waals surface area contributed by atoms with Crippen LogP contribution < -0.4 is 0 Å². The molecule has 0 saturated heterocycles. The summed E-state index contributed by atoms with van der Waals surface area (Å²) in [6.45, 7) is 7.65. The maximum absolute atomic E-state index is 12.1. The third-order valence-corrected chi connectivity index (χ3v) is 4.23. The SMILES string of the molecule is CCCCCCCCN(CCCCCCCC)C(=O)[C@H](C)O. The maximum atomic E-state index is 12.1. The third-order valence-electron chi connectivity index (χ3n) is 4.23. The molecular formula is C19H39NO2. The van der Waals surface area contributed by atoms with E-state index in [0.29, 0.717) is 0 Å². The first-order valence-corrected chi connectivity index (χ1v) is 9.60. The van der Waals surface area contributed by atoms with Crippen LogP contribution in [0.1, 0.15) is 97.8 Å². The summed E-state index contributed by atoms with van der Waals surface area (Å²) in [4.78, 5) is 13.9. The van der Waals surface area contributed by atoms with Crippen LogP contribution in [0.4, 0.5) is 0 Å². The Hall–Kier alpha value is -0.570. The van der Waals surface area contributed by atoms with Crippen molar-refractivity contribution in [2.45, 2.75) is 104 Å². The van der Waals surface area contributed by atoms with Crippen molar-refractivity contribution in [1.82, 2.24) is 4.90 Å². The smallest absolute Gasteiger partial charge is 0.251 e. The lowest BCUT2D eigenvalue weighted by molar-refractivity contribution is -0.139. The lowest BCUT2D eigenvalue weighted by Gasteiger charge is -2.24. The summed E-state index contributed by atoms with van der Waals surface area (Å²) < 4.78 is 0. The summed E-state index contributed by atoms with van der Waals surface area (Å²) in [5.41, 5.74) is 0. The number of amides is 1. The van der Waals surface area contributed by atoms with E-state index < -0.39 is 6.10 Å². The number of hydrogen-bond acceptors (Lipinski definition) is 2. The Balaban J connectivity index is 3.88. The van der Waals surface area contributed by atoms with Crippen LogP contribution in [0.5, 0.6) is 0 Å². The zero-order valence-corrected chi connectivity index (χ0v) is 15.3. The molecule has 1 N–H and O–H groups in total. The van der Waals surface area contributed by atoms with Gasteiger partial charge in [0.2, 0.25) is 0 Å². The molecule has 0 unspecified atom stereocenters. The second-order valence-corrected chi connectivity index (χ2v) is 6.54. The van der Waals surface area contributed by atoms with Gasteiger partial charge in [0.25, 0.3) is 5.91 Å². The molecule has 1 amide bonds. The molecule has 3 heteroatoms. The minimum Gasteiger partial charge on any atom is -0.384 e. The van der Waals surface area contributed by atoms with Crippen LogP contribution in [-0.2, 0) is 4.79 Å². The number of hydrogen-bond donors (Lipinski definition) is 1. The molecule has 0 fully saturated rings. The topological polar surface area (TPSA) is 40.5 Å². The van der Waals surface area contributed by atoms with Gasteiger partial charge in [-0.1, -0.05) is 78.1 Å². The van der Waals surface area contributed by atoms with Gasteiger partial charge in [-0.15, -0.1) is 0 Å². The van der Waals surface area contributed by atoms with E-state index in [2.05, 4.69) is 13.8 Å². The average molecular weight is 314 g/mol. The Morgan fingerprint density at radius 1 is 0.773 bits per heavy atom. The number of aliphatic hydroxyl groups excluding tert-OH is 1. The summed E-state index contributed by atoms with van der Waals surface area (Å²) in [6.07, 6.45) is 14.0. The van der Waals surface area contributed by atoms with Crippen LogP contribution in [0, 0.1) is 0 Å². The van der Waals surface area contributed by atoms with E-state index in [0.717, 1.165) is 25.9 Å². The first-order chi connectivity index (χ1) is 10.6. The van der Waals surface area contributed by atoms with E-state index in [9.17, 15) is 9.90 Å². The zero-order chi connectivity index (χ0) is 16.6. The Kier molecular flexibility index (Phi) is 14.9. The van der Waals surface area contributed by atoms with Gasteiger partial charge in [0.15, 0.2) is 0 Å². The molecule has 0 saturated carbocycles. The normalized spacial score (nSPS) is 12.4. The van der Waals surface area contributed by atoms with Gasteiger partial charge in [-0.2, -0.15) is 0 Å². The highest BCUT2D eigenvalue weighted by molar-refractivity contribution is 5.80. The second-order valence-electron chi connectivity index (χ2n) is 6.54. The Labute approximate surface area is 138 Å². The number of rotatable bonds is 15. The molecule has 0 heterocycles. The van der Waals surface area contributed by atoms with E-state index in [1.54, 1.807) is 6.92 Å². The van der Waals surface area contributed by atoms with Gasteiger partial charge < -0.3 is 10.0 Å². The lowest BCUT2D eigenvalue weighted by atomic mass is 10.1. The highest BCUT2D eigenvalue weighted by atomic mass is 16.3. The van der Waals surface area contributed by atoms with E-state index in [1.807, 2.05) is 4.90 Å². The molecule has 132 valence electrons. The molecule has 0 radical (unpaired) electrons. The van der Waals surface area contributed by atoms with Crippen LogP contribution in [0.2, 0.25) is 0 Å². The van der Waals surface area contributed by atoms with Crippen LogP contribution in [0.3, 0.4) is 0 Å². The molecule has 0 aromatic carbocycles. The summed E-state index contributed by atoms with van der Waals surface area (Å²) in [7, 11) is 0. The van der Waals surface area contributed by atoms with Crippen LogP contribution in [0.15, 0.2) is 0 Å². The molecule has 0 rings (SSSR count). The zero-order valence-electron chi connectivity index (χ0n) is 15.3. The van der Waals surface area contributed by atoms with Crippen molar-refractivity contribution in [3.05, 3.63) is 0 Å². The molecule has 0 aromatic heterocycles. The van der Waals surface area contributed by atoms with Crippen molar-refractivity contribution >= 4 is 5.91 Å². The molecule has 0 spiro atoms.